The summed E-state index contributed by atoms with van der Waals surface area (Å²) in [5.74, 6) is 0.0564. The van der Waals surface area contributed by atoms with Crippen molar-refractivity contribution in [2.45, 2.75) is 12.5 Å². The lowest BCUT2D eigenvalue weighted by Gasteiger charge is -2.13. The van der Waals surface area contributed by atoms with E-state index in [2.05, 4.69) is 0 Å². The number of nitrogens with zero attached hydrogens (tertiary/aromatic N) is 1. The molecule has 0 aliphatic carbocycles. The van der Waals surface area contributed by atoms with E-state index in [9.17, 15) is 10.1 Å². The van der Waals surface area contributed by atoms with Crippen molar-refractivity contribution in [2.75, 3.05) is 25.6 Å². The van der Waals surface area contributed by atoms with Gasteiger partial charge in [0.15, 0.2) is 5.69 Å². The number of aliphatic hydroxyl groups excluding tert-OH is 3. The Hall–Kier alpha value is -1.90. The summed E-state index contributed by atoms with van der Waals surface area (Å²) in [6.45, 7) is -0.939. The predicted octanol–water partition coefficient (Wildman–Crippen LogP) is -0.556. The molecule has 0 aliphatic heterocycles. The molecule has 0 fully saturated rings. The number of benzene rings is 1. The van der Waals surface area contributed by atoms with Crippen LogP contribution in [0.15, 0.2) is 12.1 Å². The molecule has 19 heavy (non-hydrogen) atoms. The van der Waals surface area contributed by atoms with Crippen molar-refractivity contribution in [1.29, 1.82) is 0 Å². The SMILES string of the molecule is Nc1c(OCC(O)CO)ccc(CCO)c1[N+](=O)[O-]. The number of nitrogen functional groups attached to an aromatic ring is 1. The molecule has 0 spiro atoms. The normalized spacial score (nSPS) is 12.2. The summed E-state index contributed by atoms with van der Waals surface area (Å²) in [7, 11) is 0. The molecule has 0 saturated carbocycles. The molecule has 8 nitrogen and oxygen atoms in total. The molecule has 0 amide bonds. The highest BCUT2D eigenvalue weighted by Gasteiger charge is 2.22. The topological polar surface area (TPSA) is 139 Å². The van der Waals surface area contributed by atoms with Gasteiger partial charge in [-0.15, -0.1) is 0 Å². The summed E-state index contributed by atoms with van der Waals surface area (Å²) in [6.07, 6.45) is -0.976. The Morgan fingerprint density at radius 1 is 1.42 bits per heavy atom. The average molecular weight is 272 g/mol. The Kier molecular flexibility index (Phi) is 5.49. The number of rotatable bonds is 7. The number of nitrogens with two attached hydrogens (primary N) is 1. The van der Waals surface area contributed by atoms with Crippen LogP contribution < -0.4 is 10.5 Å². The van der Waals surface area contributed by atoms with Crippen LogP contribution in [-0.2, 0) is 6.42 Å². The molecular formula is C11H16N2O6. The molecule has 1 aromatic rings. The lowest BCUT2D eigenvalue weighted by molar-refractivity contribution is -0.384. The van der Waals surface area contributed by atoms with Gasteiger partial charge in [0.05, 0.1) is 11.5 Å². The van der Waals surface area contributed by atoms with Gasteiger partial charge in [-0.05, 0) is 12.1 Å². The minimum Gasteiger partial charge on any atom is -0.488 e. The maximum atomic E-state index is 11.0. The number of hydrogen-bond donors (Lipinski definition) is 4. The minimum absolute atomic E-state index is 0.0564. The van der Waals surface area contributed by atoms with Gasteiger partial charge in [-0.1, -0.05) is 0 Å². The van der Waals surface area contributed by atoms with Crippen molar-refractivity contribution >= 4 is 11.4 Å². The molecule has 1 rings (SSSR count). The van der Waals surface area contributed by atoms with Crippen LogP contribution in [0.1, 0.15) is 5.56 Å². The Bertz CT molecular complexity index is 451. The molecule has 1 unspecified atom stereocenters. The van der Waals surface area contributed by atoms with Gasteiger partial charge in [-0.3, -0.25) is 10.1 Å². The Balaban J connectivity index is 3.02. The highest BCUT2D eigenvalue weighted by Crippen LogP contribution is 2.35. The third-order valence-electron chi connectivity index (χ3n) is 2.47. The van der Waals surface area contributed by atoms with Gasteiger partial charge in [0, 0.05) is 18.6 Å². The first-order valence-corrected chi connectivity index (χ1v) is 5.59. The Labute approximate surface area is 109 Å². The molecule has 1 atom stereocenters. The molecule has 8 heteroatoms. The van der Waals surface area contributed by atoms with Crippen LogP contribution in [0.3, 0.4) is 0 Å². The van der Waals surface area contributed by atoms with Crippen molar-refractivity contribution in [1.82, 2.24) is 0 Å². The molecule has 0 radical (unpaired) electrons. The fourth-order valence-electron chi connectivity index (χ4n) is 1.54. The van der Waals surface area contributed by atoms with Gasteiger partial charge in [-0.25, -0.2) is 0 Å². The summed E-state index contributed by atoms with van der Waals surface area (Å²) in [5, 5.41) is 37.6. The standard InChI is InChI=1S/C11H16N2O6/c12-10-9(19-6-8(16)5-15)2-1-7(3-4-14)11(10)13(17)18/h1-2,8,14-16H,3-6,12H2. The summed E-state index contributed by atoms with van der Waals surface area (Å²) in [6, 6.07) is 2.86. The van der Waals surface area contributed by atoms with Crippen LogP contribution in [0.25, 0.3) is 0 Å². The number of ether oxygens (including phenoxy) is 1. The van der Waals surface area contributed by atoms with Crippen molar-refractivity contribution in [3.63, 3.8) is 0 Å². The van der Waals surface area contributed by atoms with E-state index in [0.717, 1.165) is 0 Å². The van der Waals surface area contributed by atoms with Crippen LogP contribution in [0, 0.1) is 10.1 Å². The second kappa shape index (κ2) is 6.88. The zero-order valence-corrected chi connectivity index (χ0v) is 10.2. The summed E-state index contributed by atoms with van der Waals surface area (Å²) >= 11 is 0. The van der Waals surface area contributed by atoms with E-state index in [0.29, 0.717) is 5.56 Å². The largest absolute Gasteiger partial charge is 0.488 e. The molecular weight excluding hydrogens is 256 g/mol. The summed E-state index contributed by atoms with van der Waals surface area (Å²) in [4.78, 5) is 10.3. The van der Waals surface area contributed by atoms with Crippen LogP contribution in [0.2, 0.25) is 0 Å². The quantitative estimate of drug-likeness (QED) is 0.296. The van der Waals surface area contributed by atoms with Gasteiger partial charge in [0.2, 0.25) is 0 Å². The van der Waals surface area contributed by atoms with E-state index in [1.54, 1.807) is 0 Å². The Morgan fingerprint density at radius 2 is 2.11 bits per heavy atom. The van der Waals surface area contributed by atoms with E-state index >= 15 is 0 Å². The summed E-state index contributed by atoms with van der Waals surface area (Å²) < 4.78 is 5.11. The maximum Gasteiger partial charge on any atom is 0.299 e. The number of nitro groups is 1. The predicted molar refractivity (Wildman–Crippen MR) is 66.9 cm³/mol. The van der Waals surface area contributed by atoms with Gasteiger partial charge >= 0.3 is 0 Å². The first-order chi connectivity index (χ1) is 9.01. The first kappa shape index (κ1) is 15.2. The van der Waals surface area contributed by atoms with E-state index in [4.69, 9.17) is 25.8 Å². The third-order valence-corrected chi connectivity index (χ3v) is 2.47. The highest BCUT2D eigenvalue weighted by molar-refractivity contribution is 5.70. The smallest absolute Gasteiger partial charge is 0.299 e. The second-order valence-electron chi connectivity index (χ2n) is 3.86. The fourth-order valence-corrected chi connectivity index (χ4v) is 1.54. The van der Waals surface area contributed by atoms with Crippen LogP contribution >= 0.6 is 0 Å². The molecule has 1 aromatic carbocycles. The molecule has 0 bridgehead atoms. The minimum atomic E-state index is -1.09. The molecule has 0 aromatic heterocycles. The van der Waals surface area contributed by atoms with Crippen molar-refractivity contribution in [3.05, 3.63) is 27.8 Å². The Morgan fingerprint density at radius 3 is 2.63 bits per heavy atom. The third kappa shape index (κ3) is 3.78. The maximum absolute atomic E-state index is 11.0. The molecule has 0 heterocycles. The molecule has 0 aliphatic rings. The molecule has 106 valence electrons. The average Bonchev–Trinajstić information content (AvgIpc) is 2.37. The van der Waals surface area contributed by atoms with Crippen LogP contribution in [-0.4, -0.2) is 46.2 Å². The number of hydrogen-bond acceptors (Lipinski definition) is 7. The van der Waals surface area contributed by atoms with E-state index in [1.165, 1.54) is 12.1 Å². The molecule has 5 N–H and O–H groups in total. The van der Waals surface area contributed by atoms with Gasteiger partial charge in [0.25, 0.3) is 5.69 Å². The zero-order chi connectivity index (χ0) is 14.4. The zero-order valence-electron chi connectivity index (χ0n) is 10.2. The van der Waals surface area contributed by atoms with Crippen molar-refractivity contribution in [3.8, 4) is 5.75 Å². The lowest BCUT2D eigenvalue weighted by atomic mass is 10.1. The van der Waals surface area contributed by atoms with Crippen LogP contribution in [0.5, 0.6) is 5.75 Å². The fraction of sp³-hybridized carbons (Fsp3) is 0.455. The van der Waals surface area contributed by atoms with Crippen molar-refractivity contribution < 1.29 is 25.0 Å². The van der Waals surface area contributed by atoms with Crippen LogP contribution in [0.4, 0.5) is 11.4 Å². The second-order valence-corrected chi connectivity index (χ2v) is 3.86. The highest BCUT2D eigenvalue weighted by atomic mass is 16.6. The molecule has 0 saturated heterocycles. The van der Waals surface area contributed by atoms with E-state index in [-0.39, 0.29) is 36.8 Å². The number of anilines is 1. The van der Waals surface area contributed by atoms with E-state index < -0.39 is 17.6 Å². The number of nitro benzene ring substituents is 1. The van der Waals surface area contributed by atoms with Crippen molar-refractivity contribution in [2.24, 2.45) is 0 Å². The first-order valence-electron chi connectivity index (χ1n) is 5.59. The monoisotopic (exact) mass is 272 g/mol. The van der Waals surface area contributed by atoms with Gasteiger partial charge in [-0.2, -0.15) is 0 Å². The summed E-state index contributed by atoms with van der Waals surface area (Å²) in [5.41, 5.74) is 5.48. The van der Waals surface area contributed by atoms with E-state index in [1.807, 2.05) is 0 Å². The van der Waals surface area contributed by atoms with Gasteiger partial charge < -0.3 is 25.8 Å². The lowest BCUT2D eigenvalue weighted by Crippen LogP contribution is -2.21. The van der Waals surface area contributed by atoms with Gasteiger partial charge in [0.1, 0.15) is 18.5 Å². The number of aliphatic hydroxyl groups is 3.